The summed E-state index contributed by atoms with van der Waals surface area (Å²) in [6.07, 6.45) is 4.27. The molecule has 6 rings (SSSR count). The van der Waals surface area contributed by atoms with Crippen molar-refractivity contribution in [3.8, 4) is 17.2 Å². The fourth-order valence-corrected chi connectivity index (χ4v) is 8.00. The maximum absolute atomic E-state index is 12.8. The molecule has 1 amide bonds. The maximum Gasteiger partial charge on any atom is 0.223 e. The standard InChI is InChI=1S/C28H32N4O8S3/c1-42(34,35)25-3-2-20(16-29-25)39-21-12-18-13-23(31-27(18)24(14-21)40-19-4-8-38-9-5-19)28-30-17-22(41-28)15-26(33)32-6-10-43(36,37)11-7-32/h2-3,12-14,16,19,22,31H,4-11,15,17H2,1H3. The van der Waals surface area contributed by atoms with Gasteiger partial charge in [-0.2, -0.15) is 0 Å². The van der Waals surface area contributed by atoms with E-state index in [0.29, 0.717) is 43.4 Å². The predicted molar refractivity (Wildman–Crippen MR) is 163 cm³/mol. The van der Waals surface area contributed by atoms with Gasteiger partial charge in [-0.15, -0.1) is 0 Å². The third kappa shape index (κ3) is 7.16. The predicted octanol–water partition coefficient (Wildman–Crippen LogP) is 2.83. The number of aromatic amines is 1. The average molecular weight is 649 g/mol. The molecule has 0 spiro atoms. The normalized spacial score (nSPS) is 21.1. The van der Waals surface area contributed by atoms with Gasteiger partial charge in [0.1, 0.15) is 28.4 Å². The van der Waals surface area contributed by atoms with E-state index in [0.717, 1.165) is 40.7 Å². The molecule has 0 bridgehead atoms. The molecule has 43 heavy (non-hydrogen) atoms. The van der Waals surface area contributed by atoms with Crippen LogP contribution in [-0.4, -0.2) is 105 Å². The third-order valence-electron chi connectivity index (χ3n) is 7.50. The molecule has 2 fully saturated rings. The van der Waals surface area contributed by atoms with Gasteiger partial charge in [0.2, 0.25) is 5.91 Å². The summed E-state index contributed by atoms with van der Waals surface area (Å²) in [5.74, 6) is 1.48. The number of sulfone groups is 2. The number of ether oxygens (including phenoxy) is 3. The number of hydrogen-bond donors (Lipinski definition) is 1. The lowest BCUT2D eigenvalue weighted by Gasteiger charge is -2.27. The molecule has 3 aliphatic heterocycles. The maximum atomic E-state index is 12.8. The Balaban J connectivity index is 1.20. The lowest BCUT2D eigenvalue weighted by Crippen LogP contribution is -2.44. The Hall–Kier alpha value is -3.14. The van der Waals surface area contributed by atoms with E-state index in [-0.39, 0.29) is 46.9 Å². The zero-order valence-corrected chi connectivity index (χ0v) is 26.0. The van der Waals surface area contributed by atoms with Crippen LogP contribution in [0.4, 0.5) is 0 Å². The molecule has 2 saturated heterocycles. The number of rotatable bonds is 8. The van der Waals surface area contributed by atoms with E-state index in [1.54, 1.807) is 17.0 Å². The number of fused-ring (bicyclic) bond motifs is 1. The number of nitrogens with zero attached hydrogens (tertiary/aromatic N) is 3. The van der Waals surface area contributed by atoms with Crippen LogP contribution < -0.4 is 9.47 Å². The molecule has 1 N–H and O–H groups in total. The Labute approximate surface area is 254 Å². The number of carbonyl (C=O) groups excluding carboxylic acids is 1. The number of nitrogens with one attached hydrogen (secondary N) is 1. The highest BCUT2D eigenvalue weighted by Crippen LogP contribution is 2.37. The van der Waals surface area contributed by atoms with E-state index in [4.69, 9.17) is 19.2 Å². The molecule has 3 aromatic rings. The van der Waals surface area contributed by atoms with Crippen LogP contribution in [0.5, 0.6) is 17.2 Å². The van der Waals surface area contributed by atoms with Crippen LogP contribution in [0.25, 0.3) is 10.9 Å². The van der Waals surface area contributed by atoms with Crippen molar-refractivity contribution in [1.29, 1.82) is 0 Å². The molecule has 0 radical (unpaired) electrons. The first-order chi connectivity index (χ1) is 20.5. The van der Waals surface area contributed by atoms with E-state index in [1.807, 2.05) is 12.1 Å². The highest BCUT2D eigenvalue weighted by Gasteiger charge is 2.30. The highest BCUT2D eigenvalue weighted by molar-refractivity contribution is 8.15. The Kier molecular flexibility index (Phi) is 8.41. The number of aliphatic imine (C=N–C) groups is 1. The molecule has 15 heteroatoms. The van der Waals surface area contributed by atoms with Crippen molar-refractivity contribution in [1.82, 2.24) is 14.9 Å². The van der Waals surface area contributed by atoms with Gasteiger partial charge in [-0.05, 0) is 24.3 Å². The van der Waals surface area contributed by atoms with Crippen LogP contribution in [0.15, 0.2) is 46.5 Å². The van der Waals surface area contributed by atoms with E-state index in [9.17, 15) is 21.6 Å². The topological polar surface area (TPSA) is 157 Å². The van der Waals surface area contributed by atoms with Crippen LogP contribution in [0.3, 0.4) is 0 Å². The van der Waals surface area contributed by atoms with Crippen molar-refractivity contribution in [3.05, 3.63) is 42.2 Å². The lowest BCUT2D eigenvalue weighted by atomic mass is 10.1. The molecule has 5 heterocycles. The summed E-state index contributed by atoms with van der Waals surface area (Å²) in [7, 11) is -6.48. The minimum absolute atomic E-state index is 0.0137. The first kappa shape index (κ1) is 29.9. The van der Waals surface area contributed by atoms with E-state index >= 15 is 0 Å². The average Bonchev–Trinajstić information content (AvgIpc) is 3.61. The largest absolute Gasteiger partial charge is 0.488 e. The van der Waals surface area contributed by atoms with Crippen LogP contribution in [0.1, 0.15) is 25.0 Å². The lowest BCUT2D eigenvalue weighted by molar-refractivity contribution is -0.130. The highest BCUT2D eigenvalue weighted by atomic mass is 32.2. The quantitative estimate of drug-likeness (QED) is 0.385. The third-order valence-corrected chi connectivity index (χ3v) is 11.3. The van der Waals surface area contributed by atoms with E-state index in [1.165, 1.54) is 24.0 Å². The first-order valence-corrected chi connectivity index (χ1v) is 18.6. The van der Waals surface area contributed by atoms with Crippen LogP contribution in [0, 0.1) is 0 Å². The molecule has 0 saturated carbocycles. The zero-order chi connectivity index (χ0) is 30.2. The first-order valence-electron chi connectivity index (χ1n) is 14.0. The summed E-state index contributed by atoms with van der Waals surface area (Å²) in [4.78, 5) is 26.6. The van der Waals surface area contributed by atoms with Gasteiger partial charge in [-0.3, -0.25) is 9.79 Å². The Morgan fingerprint density at radius 2 is 1.91 bits per heavy atom. The number of benzene rings is 1. The fourth-order valence-electron chi connectivity index (χ4n) is 5.17. The molecule has 12 nitrogen and oxygen atoms in total. The summed E-state index contributed by atoms with van der Waals surface area (Å²) in [5, 5.41) is 1.56. The van der Waals surface area contributed by atoms with Crippen molar-refractivity contribution in [2.24, 2.45) is 4.99 Å². The molecule has 1 aromatic carbocycles. The van der Waals surface area contributed by atoms with Crippen molar-refractivity contribution >= 4 is 53.3 Å². The van der Waals surface area contributed by atoms with Gasteiger partial charge in [0.25, 0.3) is 0 Å². The minimum atomic E-state index is -3.43. The number of carbonyl (C=O) groups is 1. The molecule has 1 atom stereocenters. The number of hydrogen-bond acceptors (Lipinski definition) is 11. The molecule has 230 valence electrons. The van der Waals surface area contributed by atoms with Crippen LogP contribution >= 0.6 is 11.8 Å². The second-order valence-corrected chi connectivity index (χ2v) is 16.4. The number of aromatic nitrogens is 2. The molecule has 3 aliphatic rings. The summed E-state index contributed by atoms with van der Waals surface area (Å²) in [6, 6.07) is 8.59. The minimum Gasteiger partial charge on any atom is -0.488 e. The van der Waals surface area contributed by atoms with Crippen molar-refractivity contribution in [3.63, 3.8) is 0 Å². The monoisotopic (exact) mass is 648 g/mol. The van der Waals surface area contributed by atoms with Gasteiger partial charge >= 0.3 is 0 Å². The Morgan fingerprint density at radius 3 is 2.60 bits per heavy atom. The zero-order valence-electron chi connectivity index (χ0n) is 23.5. The Morgan fingerprint density at radius 1 is 1.14 bits per heavy atom. The van der Waals surface area contributed by atoms with Crippen molar-refractivity contribution in [2.75, 3.05) is 50.6 Å². The van der Waals surface area contributed by atoms with E-state index in [2.05, 4.69) is 9.97 Å². The SMILES string of the molecule is CS(=O)(=O)c1ccc(Oc2cc(OC3CCOCC3)c3[nH]c(C4=NCC(CC(=O)N5CCS(=O)(=O)CC5)S4)cc3c2)cn1. The van der Waals surface area contributed by atoms with E-state index < -0.39 is 19.7 Å². The number of H-pyrrole nitrogens is 1. The van der Waals surface area contributed by atoms with Gasteiger partial charge in [0, 0.05) is 55.3 Å². The summed E-state index contributed by atoms with van der Waals surface area (Å²) in [5.41, 5.74) is 1.59. The van der Waals surface area contributed by atoms with Crippen LogP contribution in [0.2, 0.25) is 0 Å². The summed E-state index contributed by atoms with van der Waals surface area (Å²) in [6.45, 7) is 2.22. The second-order valence-electron chi connectivity index (χ2n) is 10.8. The Bertz CT molecular complexity index is 1750. The molecular formula is C28H32N4O8S3. The number of thioether (sulfide) groups is 1. The van der Waals surface area contributed by atoms with Crippen molar-refractivity contribution < 1.29 is 35.8 Å². The molecule has 2 aromatic heterocycles. The van der Waals surface area contributed by atoms with Gasteiger partial charge in [-0.1, -0.05) is 11.8 Å². The van der Waals surface area contributed by atoms with Crippen molar-refractivity contribution in [2.45, 2.75) is 35.6 Å². The number of amides is 1. The van der Waals surface area contributed by atoms with Gasteiger partial charge < -0.3 is 24.1 Å². The van der Waals surface area contributed by atoms with Gasteiger partial charge in [-0.25, -0.2) is 21.8 Å². The molecule has 0 aliphatic carbocycles. The van der Waals surface area contributed by atoms with Gasteiger partial charge in [0.05, 0.1) is 48.7 Å². The smallest absolute Gasteiger partial charge is 0.223 e. The molecule has 1 unspecified atom stereocenters. The second kappa shape index (κ2) is 12.1. The van der Waals surface area contributed by atoms with Crippen LogP contribution in [-0.2, 0) is 29.2 Å². The summed E-state index contributed by atoms with van der Waals surface area (Å²) < 4.78 is 65.0. The fraction of sp³-hybridized carbons (Fsp3) is 0.464. The number of pyridine rings is 1. The summed E-state index contributed by atoms with van der Waals surface area (Å²) >= 11 is 1.53. The van der Waals surface area contributed by atoms with Gasteiger partial charge in [0.15, 0.2) is 24.7 Å². The molecular weight excluding hydrogens is 617 g/mol.